The van der Waals surface area contributed by atoms with Crippen molar-refractivity contribution in [2.45, 2.75) is 39.0 Å². The van der Waals surface area contributed by atoms with Crippen molar-refractivity contribution < 1.29 is 28.6 Å². The molecule has 0 radical (unpaired) electrons. The lowest BCUT2D eigenvalue weighted by Crippen LogP contribution is -2.49. The first-order valence-corrected chi connectivity index (χ1v) is 10.0. The number of rotatable bonds is 11. The molecule has 0 bridgehead atoms. The molecule has 3 N–H and O–H groups in total. The van der Waals surface area contributed by atoms with Crippen LogP contribution in [0.2, 0.25) is 0 Å². The van der Waals surface area contributed by atoms with Gasteiger partial charge >= 0.3 is 5.97 Å². The number of thiocarbonyl (C=S) groups is 1. The smallest absolute Gasteiger partial charge is 0.306 e. The summed E-state index contributed by atoms with van der Waals surface area (Å²) in [6, 6.07) is 7.55. The van der Waals surface area contributed by atoms with Crippen LogP contribution in [0.1, 0.15) is 44.6 Å². The van der Waals surface area contributed by atoms with Crippen LogP contribution in [0.4, 0.5) is 0 Å². The number of hydrogen-bond acceptors (Lipinski definition) is 7. The third kappa shape index (κ3) is 10.2. The van der Waals surface area contributed by atoms with Crippen molar-refractivity contribution in [1.82, 2.24) is 16.2 Å². The summed E-state index contributed by atoms with van der Waals surface area (Å²) in [6.45, 7) is 4.37. The van der Waals surface area contributed by atoms with Crippen LogP contribution in [-0.2, 0) is 23.9 Å². The summed E-state index contributed by atoms with van der Waals surface area (Å²) in [5.74, 6) is -0.502. The number of carbonyl (C=O) groups is 3. The summed E-state index contributed by atoms with van der Waals surface area (Å²) in [6.07, 6.45) is 0.762. The van der Waals surface area contributed by atoms with Crippen molar-refractivity contribution >= 4 is 35.1 Å². The van der Waals surface area contributed by atoms with Gasteiger partial charge in [-0.15, -0.1) is 0 Å². The second-order valence-electron chi connectivity index (χ2n) is 6.40. The zero-order valence-corrected chi connectivity index (χ0v) is 18.3. The number of amides is 2. The quantitative estimate of drug-likeness (QED) is 0.206. The minimum Gasteiger partial charge on any atom is -0.483 e. The molecule has 10 heteroatoms. The summed E-state index contributed by atoms with van der Waals surface area (Å²) < 4.78 is 15.2. The number of methoxy groups -OCH3 is 1. The molecule has 1 aromatic rings. The highest BCUT2D eigenvalue weighted by Gasteiger charge is 2.12. The molecule has 9 nitrogen and oxygen atoms in total. The van der Waals surface area contributed by atoms with E-state index in [9.17, 15) is 14.4 Å². The summed E-state index contributed by atoms with van der Waals surface area (Å²) in [5, 5.41) is 2.26. The normalized spacial score (nSPS) is 11.2. The second kappa shape index (κ2) is 14.3. The molecular formula is C20H29N3O6S. The molecule has 30 heavy (non-hydrogen) atoms. The summed E-state index contributed by atoms with van der Waals surface area (Å²) in [5.41, 5.74) is 5.79. The van der Waals surface area contributed by atoms with Gasteiger partial charge in [-0.1, -0.05) is 32.0 Å². The standard InChI is InChI=1S/C20H29N3O6S/c1-4-14(2)15-7-5-6-8-16(15)29-13-18(25)22-23-20(30)21-17(24)9-10-19(26)28-12-11-27-3/h5-8,14H,4,9-13H2,1-3H3,(H,22,25)(H2,21,23,24,30). The van der Waals surface area contributed by atoms with Gasteiger partial charge in [-0.2, -0.15) is 0 Å². The Morgan fingerprint density at radius 1 is 1.07 bits per heavy atom. The fourth-order valence-corrected chi connectivity index (χ4v) is 2.46. The van der Waals surface area contributed by atoms with Crippen LogP contribution in [0.25, 0.3) is 0 Å². The zero-order valence-electron chi connectivity index (χ0n) is 17.5. The fourth-order valence-electron chi connectivity index (χ4n) is 2.29. The third-order valence-corrected chi connectivity index (χ3v) is 4.30. The first-order chi connectivity index (χ1) is 14.4. The van der Waals surface area contributed by atoms with Gasteiger partial charge in [0.2, 0.25) is 5.91 Å². The molecule has 0 saturated heterocycles. The number of hydrogen-bond donors (Lipinski definition) is 3. The van der Waals surface area contributed by atoms with E-state index in [4.69, 9.17) is 26.4 Å². The molecule has 1 aromatic carbocycles. The lowest BCUT2D eigenvalue weighted by atomic mass is 9.98. The monoisotopic (exact) mass is 439 g/mol. The van der Waals surface area contributed by atoms with E-state index in [0.29, 0.717) is 18.3 Å². The molecular weight excluding hydrogens is 410 g/mol. The van der Waals surface area contributed by atoms with Gasteiger partial charge < -0.3 is 19.5 Å². The lowest BCUT2D eigenvalue weighted by Gasteiger charge is -2.16. The van der Waals surface area contributed by atoms with Crippen LogP contribution < -0.4 is 20.9 Å². The van der Waals surface area contributed by atoms with Crippen LogP contribution in [0, 0.1) is 0 Å². The molecule has 0 aliphatic carbocycles. The molecule has 0 aliphatic heterocycles. The Labute approximate surface area is 181 Å². The number of esters is 1. The maximum atomic E-state index is 12.0. The average Bonchev–Trinajstić information content (AvgIpc) is 2.74. The molecule has 166 valence electrons. The predicted octanol–water partition coefficient (Wildman–Crippen LogP) is 1.57. The molecule has 0 fully saturated rings. The highest BCUT2D eigenvalue weighted by molar-refractivity contribution is 7.80. The Morgan fingerprint density at radius 3 is 2.50 bits per heavy atom. The van der Waals surface area contributed by atoms with Crippen LogP contribution in [0.5, 0.6) is 5.75 Å². The summed E-state index contributed by atoms with van der Waals surface area (Å²) in [4.78, 5) is 35.1. The Morgan fingerprint density at radius 2 is 1.80 bits per heavy atom. The van der Waals surface area contributed by atoms with Crippen LogP contribution >= 0.6 is 12.2 Å². The Hall–Kier alpha value is -2.72. The number of carbonyl (C=O) groups excluding carboxylic acids is 3. The number of benzene rings is 1. The second-order valence-corrected chi connectivity index (χ2v) is 6.81. The Bertz CT molecular complexity index is 728. The van der Waals surface area contributed by atoms with Gasteiger partial charge in [0, 0.05) is 13.5 Å². The van der Waals surface area contributed by atoms with Crippen molar-refractivity contribution in [1.29, 1.82) is 0 Å². The van der Waals surface area contributed by atoms with Gasteiger partial charge in [0.05, 0.1) is 13.0 Å². The van der Waals surface area contributed by atoms with Crippen molar-refractivity contribution in [2.75, 3.05) is 26.9 Å². The average molecular weight is 440 g/mol. The largest absolute Gasteiger partial charge is 0.483 e. The van der Waals surface area contributed by atoms with Gasteiger partial charge in [-0.25, -0.2) is 0 Å². The molecule has 0 heterocycles. The highest BCUT2D eigenvalue weighted by atomic mass is 32.1. The predicted molar refractivity (Wildman–Crippen MR) is 115 cm³/mol. The fraction of sp³-hybridized carbons (Fsp3) is 0.500. The molecule has 0 aromatic heterocycles. The maximum Gasteiger partial charge on any atom is 0.306 e. The molecule has 1 unspecified atom stereocenters. The van der Waals surface area contributed by atoms with E-state index in [1.54, 1.807) is 0 Å². The van der Waals surface area contributed by atoms with Crippen molar-refractivity contribution in [3.05, 3.63) is 29.8 Å². The van der Waals surface area contributed by atoms with E-state index >= 15 is 0 Å². The van der Waals surface area contributed by atoms with Gasteiger partial charge in [-0.3, -0.25) is 25.2 Å². The van der Waals surface area contributed by atoms with Crippen molar-refractivity contribution in [3.8, 4) is 5.75 Å². The van der Waals surface area contributed by atoms with Crippen molar-refractivity contribution in [3.63, 3.8) is 0 Å². The lowest BCUT2D eigenvalue weighted by molar-refractivity contribution is -0.146. The highest BCUT2D eigenvalue weighted by Crippen LogP contribution is 2.28. The van der Waals surface area contributed by atoms with Gasteiger partial charge in [0.15, 0.2) is 11.7 Å². The van der Waals surface area contributed by atoms with E-state index in [2.05, 4.69) is 30.0 Å². The van der Waals surface area contributed by atoms with E-state index < -0.39 is 17.8 Å². The topological polar surface area (TPSA) is 115 Å². The zero-order chi connectivity index (χ0) is 22.4. The van der Waals surface area contributed by atoms with Crippen LogP contribution in [0.3, 0.4) is 0 Å². The molecule has 0 aliphatic rings. The number of ether oxygens (including phenoxy) is 3. The molecule has 1 atom stereocenters. The summed E-state index contributed by atoms with van der Waals surface area (Å²) in [7, 11) is 1.49. The number of nitrogens with one attached hydrogen (secondary N) is 3. The first kappa shape index (κ1) is 25.3. The van der Waals surface area contributed by atoms with Crippen LogP contribution in [-0.4, -0.2) is 49.8 Å². The number of hydrazine groups is 1. The van der Waals surface area contributed by atoms with Crippen molar-refractivity contribution in [2.24, 2.45) is 0 Å². The molecule has 2 amide bonds. The van der Waals surface area contributed by atoms with E-state index in [-0.39, 0.29) is 31.2 Å². The van der Waals surface area contributed by atoms with Crippen LogP contribution in [0.15, 0.2) is 24.3 Å². The SMILES string of the molecule is CCC(C)c1ccccc1OCC(=O)NNC(=S)NC(=O)CCC(=O)OCCOC. The third-order valence-electron chi connectivity index (χ3n) is 4.10. The Kier molecular flexibility index (Phi) is 12.1. The van der Waals surface area contributed by atoms with Gasteiger partial charge in [0.1, 0.15) is 12.4 Å². The first-order valence-electron chi connectivity index (χ1n) is 9.62. The van der Waals surface area contributed by atoms with Gasteiger partial charge in [-0.05, 0) is 36.2 Å². The minimum atomic E-state index is -0.510. The maximum absolute atomic E-state index is 12.0. The molecule has 0 saturated carbocycles. The Balaban J connectivity index is 2.29. The molecule has 1 rings (SSSR count). The summed E-state index contributed by atoms with van der Waals surface area (Å²) >= 11 is 4.93. The minimum absolute atomic E-state index is 0.0893. The van der Waals surface area contributed by atoms with E-state index in [1.807, 2.05) is 24.3 Å². The van der Waals surface area contributed by atoms with Gasteiger partial charge in [0.25, 0.3) is 5.91 Å². The molecule has 0 spiro atoms. The van der Waals surface area contributed by atoms with E-state index in [0.717, 1.165) is 12.0 Å². The number of para-hydroxylation sites is 1. The van der Waals surface area contributed by atoms with E-state index in [1.165, 1.54) is 7.11 Å².